The molecule has 0 spiro atoms. The lowest BCUT2D eigenvalue weighted by Crippen LogP contribution is -2.41. The van der Waals surface area contributed by atoms with Crippen LogP contribution in [-0.2, 0) is 10.2 Å². The SMILES string of the molecule is CCCN(CC(=O)Nc1cc(C(C)(C)C)nn1-c1ccccc1)C(=O)Nc1ccccc1OCC. The maximum Gasteiger partial charge on any atom is 0.322 e. The van der Waals surface area contributed by atoms with E-state index in [1.807, 2.05) is 62.4 Å². The lowest BCUT2D eigenvalue weighted by atomic mass is 9.92. The lowest BCUT2D eigenvalue weighted by Gasteiger charge is -2.23. The van der Waals surface area contributed by atoms with Gasteiger partial charge in [-0.05, 0) is 37.6 Å². The van der Waals surface area contributed by atoms with Crippen LogP contribution in [0.3, 0.4) is 0 Å². The van der Waals surface area contributed by atoms with Crippen molar-refractivity contribution in [3.63, 3.8) is 0 Å². The fourth-order valence-corrected chi connectivity index (χ4v) is 3.53. The van der Waals surface area contributed by atoms with Gasteiger partial charge in [0, 0.05) is 18.0 Å². The Bertz CT molecular complexity index is 1140. The van der Waals surface area contributed by atoms with E-state index in [2.05, 4.69) is 31.4 Å². The van der Waals surface area contributed by atoms with Crippen LogP contribution >= 0.6 is 0 Å². The number of urea groups is 1. The highest BCUT2D eigenvalue weighted by molar-refractivity contribution is 5.97. The first-order valence-corrected chi connectivity index (χ1v) is 12.0. The second kappa shape index (κ2) is 11.6. The molecule has 0 aliphatic heterocycles. The summed E-state index contributed by atoms with van der Waals surface area (Å²) in [5, 5.41) is 10.6. The zero-order valence-electron chi connectivity index (χ0n) is 21.2. The molecule has 0 aliphatic carbocycles. The Kier molecular flexibility index (Phi) is 8.52. The van der Waals surface area contributed by atoms with Crippen molar-refractivity contribution in [2.75, 3.05) is 30.3 Å². The summed E-state index contributed by atoms with van der Waals surface area (Å²) >= 11 is 0. The summed E-state index contributed by atoms with van der Waals surface area (Å²) in [4.78, 5) is 27.6. The van der Waals surface area contributed by atoms with Crippen LogP contribution in [-0.4, -0.2) is 46.3 Å². The summed E-state index contributed by atoms with van der Waals surface area (Å²) in [5.74, 6) is 0.847. The van der Waals surface area contributed by atoms with Crippen molar-refractivity contribution in [1.82, 2.24) is 14.7 Å². The first-order chi connectivity index (χ1) is 16.7. The second-order valence-electron chi connectivity index (χ2n) is 9.24. The van der Waals surface area contributed by atoms with E-state index in [4.69, 9.17) is 9.84 Å². The number of rotatable bonds is 9. The van der Waals surface area contributed by atoms with E-state index >= 15 is 0 Å². The van der Waals surface area contributed by atoms with Crippen molar-refractivity contribution in [2.45, 2.75) is 46.5 Å². The van der Waals surface area contributed by atoms with Crippen molar-refractivity contribution >= 4 is 23.4 Å². The van der Waals surface area contributed by atoms with Crippen LogP contribution in [0.5, 0.6) is 5.75 Å². The lowest BCUT2D eigenvalue weighted by molar-refractivity contribution is -0.116. The van der Waals surface area contributed by atoms with Gasteiger partial charge in [0.15, 0.2) is 0 Å². The Morgan fingerprint density at radius 2 is 1.69 bits per heavy atom. The Labute approximate surface area is 207 Å². The third-order valence-corrected chi connectivity index (χ3v) is 5.29. The molecular formula is C27H35N5O3. The van der Waals surface area contributed by atoms with Gasteiger partial charge in [0.1, 0.15) is 18.1 Å². The van der Waals surface area contributed by atoms with E-state index in [1.165, 1.54) is 4.90 Å². The molecule has 0 radical (unpaired) electrons. The van der Waals surface area contributed by atoms with E-state index in [0.29, 0.717) is 36.8 Å². The molecule has 2 aromatic carbocycles. The van der Waals surface area contributed by atoms with Crippen molar-refractivity contribution in [1.29, 1.82) is 0 Å². The van der Waals surface area contributed by atoms with E-state index in [9.17, 15) is 9.59 Å². The molecule has 1 aromatic heterocycles. The number of anilines is 2. The predicted octanol–water partition coefficient (Wildman–Crippen LogP) is 5.45. The molecule has 8 nitrogen and oxygen atoms in total. The summed E-state index contributed by atoms with van der Waals surface area (Å²) in [6.45, 7) is 10.9. The van der Waals surface area contributed by atoms with Crippen LogP contribution < -0.4 is 15.4 Å². The summed E-state index contributed by atoms with van der Waals surface area (Å²) in [6.07, 6.45) is 0.712. The number of nitrogens with one attached hydrogen (secondary N) is 2. The predicted molar refractivity (Wildman–Crippen MR) is 139 cm³/mol. The number of hydrogen-bond donors (Lipinski definition) is 2. The van der Waals surface area contributed by atoms with E-state index in [1.54, 1.807) is 16.8 Å². The Balaban J connectivity index is 1.78. The largest absolute Gasteiger partial charge is 0.492 e. The van der Waals surface area contributed by atoms with Gasteiger partial charge in [0.25, 0.3) is 0 Å². The summed E-state index contributed by atoms with van der Waals surface area (Å²) < 4.78 is 7.32. The first kappa shape index (κ1) is 25.8. The molecule has 3 rings (SSSR count). The maximum atomic E-state index is 13.1. The highest BCUT2D eigenvalue weighted by atomic mass is 16.5. The van der Waals surface area contributed by atoms with E-state index in [-0.39, 0.29) is 23.9 Å². The van der Waals surface area contributed by atoms with Gasteiger partial charge in [-0.3, -0.25) is 4.79 Å². The Hall–Kier alpha value is -3.81. The molecule has 2 N–H and O–H groups in total. The minimum Gasteiger partial charge on any atom is -0.492 e. The number of amides is 3. The molecule has 0 bridgehead atoms. The minimum absolute atomic E-state index is 0.0959. The first-order valence-electron chi connectivity index (χ1n) is 12.0. The molecule has 0 saturated heterocycles. The quantitative estimate of drug-likeness (QED) is 0.429. The molecule has 3 amide bonds. The fraction of sp³-hybridized carbons (Fsp3) is 0.370. The Morgan fingerprint density at radius 3 is 2.34 bits per heavy atom. The van der Waals surface area contributed by atoms with Gasteiger partial charge < -0.3 is 20.3 Å². The molecule has 8 heteroatoms. The van der Waals surface area contributed by atoms with Crippen molar-refractivity contribution in [2.24, 2.45) is 0 Å². The van der Waals surface area contributed by atoms with Crippen LogP contribution in [0.15, 0.2) is 60.7 Å². The van der Waals surface area contributed by atoms with Gasteiger partial charge in [-0.15, -0.1) is 0 Å². The van der Waals surface area contributed by atoms with Crippen LogP contribution in [0.4, 0.5) is 16.3 Å². The van der Waals surface area contributed by atoms with Crippen molar-refractivity contribution in [3.05, 3.63) is 66.4 Å². The van der Waals surface area contributed by atoms with Gasteiger partial charge in [-0.1, -0.05) is 58.0 Å². The molecule has 0 aliphatic rings. The average molecular weight is 478 g/mol. The highest BCUT2D eigenvalue weighted by Crippen LogP contribution is 2.27. The number of hydrogen-bond acceptors (Lipinski definition) is 4. The normalized spacial score (nSPS) is 11.1. The second-order valence-corrected chi connectivity index (χ2v) is 9.24. The van der Waals surface area contributed by atoms with Crippen LogP contribution in [0.1, 0.15) is 46.7 Å². The van der Waals surface area contributed by atoms with Crippen LogP contribution in [0, 0.1) is 0 Å². The maximum absolute atomic E-state index is 13.1. The summed E-state index contributed by atoms with van der Waals surface area (Å²) in [6, 6.07) is 18.4. The number of aromatic nitrogens is 2. The third-order valence-electron chi connectivity index (χ3n) is 5.29. The molecule has 0 fully saturated rings. The highest BCUT2D eigenvalue weighted by Gasteiger charge is 2.23. The topological polar surface area (TPSA) is 88.5 Å². The van der Waals surface area contributed by atoms with Gasteiger partial charge in [-0.2, -0.15) is 5.10 Å². The number of nitrogens with zero attached hydrogens (tertiary/aromatic N) is 3. The molecule has 0 atom stereocenters. The smallest absolute Gasteiger partial charge is 0.322 e. The zero-order valence-corrected chi connectivity index (χ0v) is 21.2. The van der Waals surface area contributed by atoms with Gasteiger partial charge in [0.05, 0.1) is 23.7 Å². The number of carbonyl (C=O) groups is 2. The van der Waals surface area contributed by atoms with Gasteiger partial charge >= 0.3 is 6.03 Å². The molecule has 1 heterocycles. The zero-order chi connectivity index (χ0) is 25.4. The molecule has 0 unspecified atom stereocenters. The van der Waals surface area contributed by atoms with Crippen molar-refractivity contribution in [3.8, 4) is 11.4 Å². The number of carbonyl (C=O) groups excluding carboxylic acids is 2. The third kappa shape index (κ3) is 6.85. The van der Waals surface area contributed by atoms with Crippen molar-refractivity contribution < 1.29 is 14.3 Å². The molecule has 186 valence electrons. The molecule has 3 aromatic rings. The van der Waals surface area contributed by atoms with Gasteiger partial charge in [-0.25, -0.2) is 9.48 Å². The number of ether oxygens (including phenoxy) is 1. The molecule has 35 heavy (non-hydrogen) atoms. The van der Waals surface area contributed by atoms with E-state index in [0.717, 1.165) is 11.4 Å². The van der Waals surface area contributed by atoms with Crippen LogP contribution in [0.2, 0.25) is 0 Å². The summed E-state index contributed by atoms with van der Waals surface area (Å²) in [5.41, 5.74) is 2.07. The Morgan fingerprint density at radius 1 is 1.00 bits per heavy atom. The van der Waals surface area contributed by atoms with Crippen LogP contribution in [0.25, 0.3) is 5.69 Å². The number of benzene rings is 2. The molecule has 0 saturated carbocycles. The average Bonchev–Trinajstić information content (AvgIpc) is 3.25. The van der Waals surface area contributed by atoms with Gasteiger partial charge in [0.2, 0.25) is 5.91 Å². The monoisotopic (exact) mass is 477 g/mol. The molecular weight excluding hydrogens is 442 g/mol. The summed E-state index contributed by atoms with van der Waals surface area (Å²) in [7, 11) is 0. The number of para-hydroxylation sites is 3. The minimum atomic E-state index is -0.360. The van der Waals surface area contributed by atoms with E-state index < -0.39 is 0 Å². The fourth-order valence-electron chi connectivity index (χ4n) is 3.53. The standard InChI is InChI=1S/C27H35N5O3/c1-6-17-31(26(34)28-21-15-11-12-16-22(21)35-7-2)19-25(33)29-24-18-23(27(3,4)5)30-32(24)20-13-9-8-10-14-20/h8-16,18H,6-7,17,19H2,1-5H3,(H,28,34)(H,29,33).